The Morgan fingerprint density at radius 2 is 1.50 bits per heavy atom. The van der Waals surface area contributed by atoms with E-state index in [4.69, 9.17) is 18.9 Å². The minimum absolute atomic E-state index is 0.0920. The lowest BCUT2D eigenvalue weighted by Crippen LogP contribution is -2.48. The fourth-order valence-corrected chi connectivity index (χ4v) is 6.57. The molecule has 0 bridgehead atoms. The number of aromatic amines is 1. The Morgan fingerprint density at radius 1 is 0.975 bits per heavy atom. The standard InChI is InChI=1S/C24H38FN4O10P/c1-12(2)37-20(31)14(5)27-40(35,28-15(6)21(32)38-13(3)4)23(22(33)36-7)39-17-9-8-16(10-17)29-11-18(25)19(30)26-24(29)34/h11-17,23H,8-10H2,1-7H3,(H,26,30,34)(H2,27,28,35)/t14?,15?,16-,17+,23?,40?/m0/s1. The lowest BCUT2D eigenvalue weighted by molar-refractivity contribution is -0.153. The molecule has 1 aromatic rings. The number of H-pyrrole nitrogens is 1. The molecule has 14 nitrogen and oxygen atoms in total. The van der Waals surface area contributed by atoms with E-state index in [1.807, 2.05) is 4.98 Å². The summed E-state index contributed by atoms with van der Waals surface area (Å²) in [5.41, 5.74) is -1.96. The van der Waals surface area contributed by atoms with Gasteiger partial charge in [-0.25, -0.2) is 19.8 Å². The van der Waals surface area contributed by atoms with Gasteiger partial charge in [-0.3, -0.25) is 28.5 Å². The van der Waals surface area contributed by atoms with Crippen molar-refractivity contribution in [2.75, 3.05) is 7.11 Å². The number of hydrogen-bond acceptors (Lipinski definition) is 10. The third-order valence-corrected chi connectivity index (χ3v) is 8.45. The number of ether oxygens (including phenoxy) is 4. The number of nitrogens with one attached hydrogen (secondary N) is 3. The quantitative estimate of drug-likeness (QED) is 0.170. The predicted molar refractivity (Wildman–Crippen MR) is 140 cm³/mol. The number of methoxy groups -OCH3 is 1. The third kappa shape index (κ3) is 8.82. The number of esters is 3. The van der Waals surface area contributed by atoms with Crippen molar-refractivity contribution < 1.29 is 42.3 Å². The van der Waals surface area contributed by atoms with Gasteiger partial charge >= 0.3 is 23.6 Å². The van der Waals surface area contributed by atoms with E-state index < -0.39 is 84.7 Å². The number of nitrogens with zero attached hydrogens (tertiary/aromatic N) is 1. The zero-order valence-corrected chi connectivity index (χ0v) is 24.5. The highest BCUT2D eigenvalue weighted by Gasteiger charge is 2.47. The van der Waals surface area contributed by atoms with Crippen LogP contribution in [-0.4, -0.2) is 70.8 Å². The Bertz CT molecular complexity index is 1200. The second-order valence-electron chi connectivity index (χ2n) is 10.1. The normalized spacial score (nSPS) is 20.9. The van der Waals surface area contributed by atoms with Crippen LogP contribution in [0, 0.1) is 5.82 Å². The molecular weight excluding hydrogens is 554 g/mol. The molecule has 3 N–H and O–H groups in total. The molecule has 0 saturated heterocycles. The SMILES string of the molecule is COC(=O)C(O[C@@H]1CC[C@H](n2cc(F)c(=O)[nH]c2=O)C1)P(=O)(NC(C)C(=O)OC(C)C)NC(C)C(=O)OC(C)C. The Hall–Kier alpha value is -2.87. The van der Waals surface area contributed by atoms with Crippen LogP contribution in [0.3, 0.4) is 0 Å². The molecule has 1 heterocycles. The smallest absolute Gasteiger partial charge is 0.345 e. The maximum Gasteiger partial charge on any atom is 0.345 e. The molecule has 2 rings (SSSR count). The molecular formula is C24H38FN4O10P. The lowest BCUT2D eigenvalue weighted by Gasteiger charge is -2.32. The largest absolute Gasteiger partial charge is 0.467 e. The van der Waals surface area contributed by atoms with Gasteiger partial charge in [-0.05, 0) is 60.8 Å². The van der Waals surface area contributed by atoms with E-state index in [9.17, 15) is 32.9 Å². The average Bonchev–Trinajstić information content (AvgIpc) is 3.31. The first kappa shape index (κ1) is 33.3. The van der Waals surface area contributed by atoms with Gasteiger partial charge in [0.05, 0.1) is 31.6 Å². The van der Waals surface area contributed by atoms with Crippen molar-refractivity contribution >= 4 is 25.4 Å². The monoisotopic (exact) mass is 592 g/mol. The molecule has 226 valence electrons. The summed E-state index contributed by atoms with van der Waals surface area (Å²) < 4.78 is 50.4. The van der Waals surface area contributed by atoms with Crippen molar-refractivity contribution in [3.05, 3.63) is 32.9 Å². The molecule has 0 aromatic carbocycles. The van der Waals surface area contributed by atoms with Gasteiger partial charge < -0.3 is 18.9 Å². The van der Waals surface area contributed by atoms with Crippen molar-refractivity contribution in [3.8, 4) is 0 Å². The molecule has 1 aromatic heterocycles. The number of carbonyl (C=O) groups excluding carboxylic acids is 3. The van der Waals surface area contributed by atoms with E-state index in [0.717, 1.165) is 17.9 Å². The molecule has 1 fully saturated rings. The molecule has 0 radical (unpaired) electrons. The molecule has 40 heavy (non-hydrogen) atoms. The van der Waals surface area contributed by atoms with E-state index >= 15 is 0 Å². The van der Waals surface area contributed by atoms with Crippen LogP contribution in [0.25, 0.3) is 0 Å². The zero-order chi connectivity index (χ0) is 30.4. The van der Waals surface area contributed by atoms with Gasteiger partial charge in [-0.2, -0.15) is 4.39 Å². The fourth-order valence-electron chi connectivity index (χ4n) is 4.12. The van der Waals surface area contributed by atoms with Gasteiger partial charge in [-0.15, -0.1) is 0 Å². The van der Waals surface area contributed by atoms with Crippen LogP contribution >= 0.6 is 7.44 Å². The van der Waals surface area contributed by atoms with Crippen molar-refractivity contribution in [1.82, 2.24) is 19.7 Å². The van der Waals surface area contributed by atoms with Crippen LogP contribution in [0.1, 0.15) is 66.8 Å². The number of rotatable bonds is 13. The number of hydrogen-bond donors (Lipinski definition) is 3. The summed E-state index contributed by atoms with van der Waals surface area (Å²) in [5.74, 6) is -5.57. The second-order valence-corrected chi connectivity index (χ2v) is 12.4. The summed E-state index contributed by atoms with van der Waals surface area (Å²) in [6.45, 7) is 9.25. The predicted octanol–water partition coefficient (Wildman–Crippen LogP) is 1.34. The number of aromatic nitrogens is 2. The second kappa shape index (κ2) is 14.2. The first-order chi connectivity index (χ1) is 18.6. The summed E-state index contributed by atoms with van der Waals surface area (Å²) in [4.78, 5) is 63.5. The minimum atomic E-state index is -4.35. The van der Waals surface area contributed by atoms with E-state index in [-0.39, 0.29) is 12.8 Å². The van der Waals surface area contributed by atoms with Gasteiger partial charge in [0.1, 0.15) is 12.1 Å². The Morgan fingerprint density at radius 3 is 1.98 bits per heavy atom. The van der Waals surface area contributed by atoms with Crippen molar-refractivity contribution in [1.29, 1.82) is 0 Å². The maximum absolute atomic E-state index is 14.4. The first-order valence-electron chi connectivity index (χ1n) is 12.9. The molecule has 5 atom stereocenters. The van der Waals surface area contributed by atoms with E-state index in [1.54, 1.807) is 27.7 Å². The average molecular weight is 593 g/mol. The highest BCUT2D eigenvalue weighted by atomic mass is 31.2. The molecule has 0 aliphatic heterocycles. The van der Waals surface area contributed by atoms with Crippen LogP contribution in [-0.2, 0) is 37.9 Å². The molecule has 16 heteroatoms. The van der Waals surface area contributed by atoms with Crippen LogP contribution in [0.5, 0.6) is 0 Å². The Kier molecular flexibility index (Phi) is 11.8. The fraction of sp³-hybridized carbons (Fsp3) is 0.708. The minimum Gasteiger partial charge on any atom is -0.467 e. The third-order valence-electron chi connectivity index (χ3n) is 5.91. The number of carbonyl (C=O) groups is 3. The van der Waals surface area contributed by atoms with E-state index in [0.29, 0.717) is 6.42 Å². The molecule has 1 aliphatic rings. The molecule has 0 spiro atoms. The zero-order valence-electron chi connectivity index (χ0n) is 23.6. The molecule has 1 aliphatic carbocycles. The van der Waals surface area contributed by atoms with E-state index in [2.05, 4.69) is 10.2 Å². The maximum atomic E-state index is 14.4. The van der Waals surface area contributed by atoms with Crippen LogP contribution in [0.2, 0.25) is 0 Å². The van der Waals surface area contributed by atoms with Crippen LogP contribution < -0.4 is 21.4 Å². The first-order valence-corrected chi connectivity index (χ1v) is 14.7. The number of halogens is 1. The Balaban J connectivity index is 2.38. The summed E-state index contributed by atoms with van der Waals surface area (Å²) in [6.07, 6.45) is -0.269. The van der Waals surface area contributed by atoms with Crippen molar-refractivity contribution in [2.24, 2.45) is 0 Å². The van der Waals surface area contributed by atoms with Gasteiger partial charge in [0.25, 0.3) is 13.0 Å². The Labute approximate surface area is 230 Å². The highest BCUT2D eigenvalue weighted by molar-refractivity contribution is 7.61. The summed E-state index contributed by atoms with van der Waals surface area (Å²) in [6, 6.07) is -3.00. The topological polar surface area (TPSA) is 184 Å². The van der Waals surface area contributed by atoms with Crippen molar-refractivity contribution in [3.63, 3.8) is 0 Å². The van der Waals surface area contributed by atoms with Gasteiger partial charge in [0.2, 0.25) is 11.7 Å². The lowest BCUT2D eigenvalue weighted by atomic mass is 10.2. The highest BCUT2D eigenvalue weighted by Crippen LogP contribution is 2.47. The van der Waals surface area contributed by atoms with Gasteiger partial charge in [0, 0.05) is 6.04 Å². The molecule has 1 saturated carbocycles. The summed E-state index contributed by atoms with van der Waals surface area (Å²) in [5, 5.41) is 5.17. The molecule has 3 unspecified atom stereocenters. The van der Waals surface area contributed by atoms with Crippen LogP contribution in [0.4, 0.5) is 4.39 Å². The molecule has 0 amide bonds. The van der Waals surface area contributed by atoms with Gasteiger partial charge in [0.15, 0.2) is 0 Å². The van der Waals surface area contributed by atoms with Crippen molar-refractivity contribution in [2.45, 2.75) is 103 Å². The summed E-state index contributed by atoms with van der Waals surface area (Å²) >= 11 is 0. The van der Waals surface area contributed by atoms with Gasteiger partial charge in [-0.1, -0.05) is 0 Å². The summed E-state index contributed by atoms with van der Waals surface area (Å²) in [7, 11) is -3.30. The van der Waals surface area contributed by atoms with Crippen LogP contribution in [0.15, 0.2) is 15.8 Å². The van der Waals surface area contributed by atoms with E-state index in [1.165, 1.54) is 13.8 Å².